The SMILES string of the molecule is Cc1cccc([N+](=O)[O-])c1/C=C1\C(=O)NC(=O)N1C. The summed E-state index contributed by atoms with van der Waals surface area (Å²) in [6.45, 7) is 1.70. The first-order valence-electron chi connectivity index (χ1n) is 5.46. The first-order chi connectivity index (χ1) is 8.91. The van der Waals surface area contributed by atoms with Crippen molar-refractivity contribution in [3.8, 4) is 0 Å². The Kier molecular flexibility index (Phi) is 3.04. The van der Waals surface area contributed by atoms with Gasteiger partial charge < -0.3 is 0 Å². The molecule has 2 rings (SSSR count). The van der Waals surface area contributed by atoms with E-state index in [-0.39, 0.29) is 11.4 Å². The second kappa shape index (κ2) is 4.52. The van der Waals surface area contributed by atoms with Crippen LogP contribution in [0.2, 0.25) is 0 Å². The molecular weight excluding hydrogens is 250 g/mol. The minimum Gasteiger partial charge on any atom is -0.292 e. The zero-order chi connectivity index (χ0) is 14.2. The van der Waals surface area contributed by atoms with Crippen LogP contribution in [0, 0.1) is 17.0 Å². The first kappa shape index (κ1) is 12.7. The van der Waals surface area contributed by atoms with E-state index in [9.17, 15) is 19.7 Å². The van der Waals surface area contributed by atoms with Gasteiger partial charge in [0.1, 0.15) is 5.70 Å². The van der Waals surface area contributed by atoms with Gasteiger partial charge in [-0.25, -0.2) is 4.79 Å². The van der Waals surface area contributed by atoms with Gasteiger partial charge in [0.15, 0.2) is 0 Å². The van der Waals surface area contributed by atoms with Crippen molar-refractivity contribution in [3.05, 3.63) is 45.1 Å². The maximum atomic E-state index is 11.6. The number of nitrogens with one attached hydrogen (secondary N) is 1. The molecule has 1 aliphatic rings. The largest absolute Gasteiger partial charge is 0.328 e. The second-order valence-electron chi connectivity index (χ2n) is 4.11. The smallest absolute Gasteiger partial charge is 0.292 e. The maximum Gasteiger partial charge on any atom is 0.328 e. The summed E-state index contributed by atoms with van der Waals surface area (Å²) in [5, 5.41) is 13.1. The third-order valence-corrected chi connectivity index (χ3v) is 2.90. The van der Waals surface area contributed by atoms with E-state index in [1.807, 2.05) is 0 Å². The predicted molar refractivity (Wildman–Crippen MR) is 67.1 cm³/mol. The van der Waals surface area contributed by atoms with Crippen LogP contribution in [0.4, 0.5) is 10.5 Å². The Morgan fingerprint density at radius 1 is 1.37 bits per heavy atom. The molecule has 7 nitrogen and oxygen atoms in total. The molecule has 1 aliphatic heterocycles. The van der Waals surface area contributed by atoms with Crippen LogP contribution in [0.15, 0.2) is 23.9 Å². The number of carbonyl (C=O) groups excluding carboxylic acids is 2. The zero-order valence-electron chi connectivity index (χ0n) is 10.3. The highest BCUT2D eigenvalue weighted by atomic mass is 16.6. The van der Waals surface area contributed by atoms with E-state index < -0.39 is 16.9 Å². The number of hydrogen-bond acceptors (Lipinski definition) is 4. The molecule has 19 heavy (non-hydrogen) atoms. The maximum absolute atomic E-state index is 11.6. The Labute approximate surface area is 108 Å². The molecule has 1 heterocycles. The number of urea groups is 1. The highest BCUT2D eigenvalue weighted by Crippen LogP contribution is 2.26. The summed E-state index contributed by atoms with van der Waals surface area (Å²) in [6, 6.07) is 4.08. The van der Waals surface area contributed by atoms with E-state index in [0.29, 0.717) is 11.1 Å². The van der Waals surface area contributed by atoms with Gasteiger partial charge in [0.2, 0.25) is 0 Å². The molecule has 1 saturated heterocycles. The van der Waals surface area contributed by atoms with E-state index in [2.05, 4.69) is 5.32 Å². The molecule has 7 heteroatoms. The molecular formula is C12H11N3O4. The Morgan fingerprint density at radius 2 is 2.05 bits per heavy atom. The topological polar surface area (TPSA) is 92.5 Å². The van der Waals surface area contributed by atoms with Gasteiger partial charge in [0, 0.05) is 13.1 Å². The minimum atomic E-state index is -0.565. The average molecular weight is 261 g/mol. The normalized spacial score (nSPS) is 16.9. The van der Waals surface area contributed by atoms with Crippen molar-refractivity contribution in [1.29, 1.82) is 0 Å². The lowest BCUT2D eigenvalue weighted by molar-refractivity contribution is -0.385. The summed E-state index contributed by atoms with van der Waals surface area (Å²) in [5.41, 5.74) is 0.955. The van der Waals surface area contributed by atoms with E-state index in [1.54, 1.807) is 19.1 Å². The molecule has 1 aromatic carbocycles. The van der Waals surface area contributed by atoms with E-state index in [1.165, 1.54) is 19.2 Å². The molecule has 3 amide bonds. The molecule has 0 aliphatic carbocycles. The van der Waals surface area contributed by atoms with E-state index >= 15 is 0 Å². The number of benzene rings is 1. The van der Waals surface area contributed by atoms with Crippen LogP contribution in [-0.4, -0.2) is 28.8 Å². The van der Waals surface area contributed by atoms with Crippen molar-refractivity contribution in [1.82, 2.24) is 10.2 Å². The summed E-state index contributed by atoms with van der Waals surface area (Å²) < 4.78 is 0. The number of likely N-dealkylation sites (N-methyl/N-ethyl adjacent to an activating group) is 1. The van der Waals surface area contributed by atoms with Crippen LogP contribution >= 0.6 is 0 Å². The molecule has 1 aromatic rings. The number of nitro groups is 1. The summed E-state index contributed by atoms with van der Waals surface area (Å²) in [5.74, 6) is -0.565. The van der Waals surface area contributed by atoms with Gasteiger partial charge in [-0.3, -0.25) is 25.1 Å². The number of nitro benzene ring substituents is 1. The molecule has 0 radical (unpaired) electrons. The number of imide groups is 1. The van der Waals surface area contributed by atoms with Crippen molar-refractivity contribution < 1.29 is 14.5 Å². The van der Waals surface area contributed by atoms with Crippen LogP contribution in [0.25, 0.3) is 6.08 Å². The molecule has 0 saturated carbocycles. The van der Waals surface area contributed by atoms with Gasteiger partial charge in [-0.05, 0) is 18.6 Å². The number of carbonyl (C=O) groups is 2. The van der Waals surface area contributed by atoms with Crippen LogP contribution in [0.5, 0.6) is 0 Å². The Hall–Kier alpha value is -2.70. The van der Waals surface area contributed by atoms with Crippen LogP contribution in [-0.2, 0) is 4.79 Å². The van der Waals surface area contributed by atoms with Crippen molar-refractivity contribution >= 4 is 23.7 Å². The summed E-state index contributed by atoms with van der Waals surface area (Å²) >= 11 is 0. The fraction of sp³-hybridized carbons (Fsp3) is 0.167. The van der Waals surface area contributed by atoms with Gasteiger partial charge in [-0.2, -0.15) is 0 Å². The molecule has 1 fully saturated rings. The fourth-order valence-corrected chi connectivity index (χ4v) is 1.82. The molecule has 98 valence electrons. The monoisotopic (exact) mass is 261 g/mol. The fourth-order valence-electron chi connectivity index (χ4n) is 1.82. The van der Waals surface area contributed by atoms with Gasteiger partial charge in [0.25, 0.3) is 11.6 Å². The number of nitrogens with zero attached hydrogens (tertiary/aromatic N) is 2. The van der Waals surface area contributed by atoms with E-state index in [0.717, 1.165) is 4.90 Å². The third-order valence-electron chi connectivity index (χ3n) is 2.90. The Morgan fingerprint density at radius 3 is 2.58 bits per heavy atom. The van der Waals surface area contributed by atoms with Crippen molar-refractivity contribution in [2.24, 2.45) is 0 Å². The van der Waals surface area contributed by atoms with Crippen LogP contribution in [0.1, 0.15) is 11.1 Å². The Balaban J connectivity index is 2.58. The number of rotatable bonds is 2. The van der Waals surface area contributed by atoms with Gasteiger partial charge >= 0.3 is 6.03 Å². The lowest BCUT2D eigenvalue weighted by Crippen LogP contribution is -2.24. The van der Waals surface area contributed by atoms with Crippen molar-refractivity contribution in [2.45, 2.75) is 6.92 Å². The lowest BCUT2D eigenvalue weighted by Gasteiger charge is -2.08. The minimum absolute atomic E-state index is 0.0856. The average Bonchev–Trinajstić information content (AvgIpc) is 2.57. The quantitative estimate of drug-likeness (QED) is 0.377. The Bertz CT molecular complexity index is 621. The molecule has 0 aromatic heterocycles. The highest BCUT2D eigenvalue weighted by molar-refractivity contribution is 6.14. The van der Waals surface area contributed by atoms with Crippen LogP contribution < -0.4 is 5.32 Å². The van der Waals surface area contributed by atoms with Gasteiger partial charge in [-0.1, -0.05) is 12.1 Å². The van der Waals surface area contributed by atoms with Crippen molar-refractivity contribution in [2.75, 3.05) is 7.05 Å². The first-order valence-corrected chi connectivity index (χ1v) is 5.46. The zero-order valence-corrected chi connectivity index (χ0v) is 10.3. The summed E-state index contributed by atoms with van der Waals surface area (Å²) in [7, 11) is 1.43. The number of aryl methyl sites for hydroxylation is 1. The molecule has 0 unspecified atom stereocenters. The predicted octanol–water partition coefficient (Wildman–Crippen LogP) is 1.43. The highest BCUT2D eigenvalue weighted by Gasteiger charge is 2.30. The summed E-state index contributed by atoms with van der Waals surface area (Å²) in [4.78, 5) is 34.5. The third kappa shape index (κ3) is 2.17. The second-order valence-corrected chi connectivity index (χ2v) is 4.11. The molecule has 0 spiro atoms. The molecule has 0 atom stereocenters. The number of amides is 3. The lowest BCUT2D eigenvalue weighted by atomic mass is 10.1. The molecule has 1 N–H and O–H groups in total. The van der Waals surface area contributed by atoms with Crippen LogP contribution in [0.3, 0.4) is 0 Å². The molecule has 0 bridgehead atoms. The van der Waals surface area contributed by atoms with E-state index in [4.69, 9.17) is 0 Å². The standard InChI is InChI=1S/C12H11N3O4/c1-7-4-3-5-9(15(18)19)8(7)6-10-11(16)13-12(17)14(10)2/h3-6H,1-2H3,(H,13,16,17)/b10-6+. The number of hydrogen-bond donors (Lipinski definition) is 1. The van der Waals surface area contributed by atoms with Gasteiger partial charge in [0.05, 0.1) is 10.5 Å². The van der Waals surface area contributed by atoms with Gasteiger partial charge in [-0.15, -0.1) is 0 Å². The van der Waals surface area contributed by atoms with Crippen molar-refractivity contribution in [3.63, 3.8) is 0 Å². The summed E-state index contributed by atoms with van der Waals surface area (Å²) in [6.07, 6.45) is 1.35.